The van der Waals surface area contributed by atoms with Crippen LogP contribution in [0, 0.1) is 0 Å². The Balaban J connectivity index is 1.11. The molecule has 5 aromatic rings. The zero-order valence-electron chi connectivity index (χ0n) is 30.4. The van der Waals surface area contributed by atoms with Gasteiger partial charge in [-0.3, -0.25) is 0 Å². The van der Waals surface area contributed by atoms with Crippen LogP contribution in [-0.4, -0.2) is 32.4 Å². The van der Waals surface area contributed by atoms with Gasteiger partial charge < -0.3 is 29.1 Å². The van der Waals surface area contributed by atoms with Crippen LogP contribution in [0.5, 0.6) is 23.0 Å². The number of likely N-dealkylation sites (N-methyl/N-ethyl adjacent to an activating group) is 1. The Labute approximate surface area is 306 Å². The molecule has 6 nitrogen and oxygen atoms in total. The molecule has 0 bridgehead atoms. The van der Waals surface area contributed by atoms with Gasteiger partial charge in [0.2, 0.25) is 0 Å². The van der Waals surface area contributed by atoms with Crippen LogP contribution in [-0.2, 0) is 11.8 Å². The van der Waals surface area contributed by atoms with Gasteiger partial charge in [-0.25, -0.2) is 0 Å². The molecule has 0 saturated carbocycles. The van der Waals surface area contributed by atoms with Gasteiger partial charge in [0.15, 0.2) is 0 Å². The summed E-state index contributed by atoms with van der Waals surface area (Å²) < 4.78 is 17.6. The lowest BCUT2D eigenvalue weighted by Crippen LogP contribution is -2.37. The number of phenolic OH excluding ortho intramolecular Hbond substituents is 1. The van der Waals surface area contributed by atoms with Gasteiger partial charge in [-0.1, -0.05) is 62.4 Å². The van der Waals surface area contributed by atoms with E-state index in [2.05, 4.69) is 122 Å². The third-order valence-electron chi connectivity index (χ3n) is 10.9. The Hall–Kier alpha value is -5.88. The fourth-order valence-corrected chi connectivity index (χ4v) is 8.12. The summed E-state index contributed by atoms with van der Waals surface area (Å²) >= 11 is 0. The normalized spacial score (nSPS) is 17.2. The molecule has 0 radical (unpaired) electrons. The monoisotopic (exact) mass is 688 g/mol. The summed E-state index contributed by atoms with van der Waals surface area (Å²) in [5.41, 5.74) is 11.1. The van der Waals surface area contributed by atoms with Crippen LogP contribution >= 0.6 is 0 Å². The molecule has 6 heteroatoms. The van der Waals surface area contributed by atoms with Crippen molar-refractivity contribution >= 4 is 22.7 Å². The number of anilines is 4. The van der Waals surface area contributed by atoms with Crippen molar-refractivity contribution in [3.63, 3.8) is 0 Å². The minimum atomic E-state index is -0.0169. The molecular weight excluding hydrogens is 645 g/mol. The molecule has 0 fully saturated rings. The molecule has 1 N–H and O–H groups in total. The van der Waals surface area contributed by atoms with Crippen LogP contribution in [0.25, 0.3) is 11.1 Å². The predicted molar refractivity (Wildman–Crippen MR) is 211 cm³/mol. The van der Waals surface area contributed by atoms with Crippen LogP contribution in [0.3, 0.4) is 0 Å². The van der Waals surface area contributed by atoms with Crippen molar-refractivity contribution in [3.8, 4) is 34.1 Å². The van der Waals surface area contributed by atoms with Crippen LogP contribution < -0.4 is 24.0 Å². The lowest BCUT2D eigenvalue weighted by molar-refractivity contribution is 0.398. The van der Waals surface area contributed by atoms with Crippen LogP contribution in [0.15, 0.2) is 144 Å². The standard InChI is InChI=1S/C46H44N2O4/c1-46(2)41-11-6-7-12-42(41)47(3)44(46)26-15-31-9-8-10-32-27-40-39(28-36(49)29-43(40)52-45(31)32)30-13-16-33(17-14-30)48(34-18-22-37(50-4)23-19-34)35-20-24-38(51-5)25-21-35/h6-7,10-26,28-29,44,49H,8-9,27H2,1-5H3. The number of methoxy groups -OCH3 is 2. The Morgan fingerprint density at radius 3 is 2.06 bits per heavy atom. The van der Waals surface area contributed by atoms with E-state index in [-0.39, 0.29) is 17.2 Å². The van der Waals surface area contributed by atoms with Crippen molar-refractivity contribution < 1.29 is 19.3 Å². The number of hydrogen-bond acceptors (Lipinski definition) is 6. The Morgan fingerprint density at radius 2 is 1.44 bits per heavy atom. The molecule has 1 atom stereocenters. The Morgan fingerprint density at radius 1 is 0.827 bits per heavy atom. The average Bonchev–Trinajstić information content (AvgIpc) is 3.37. The molecule has 262 valence electrons. The van der Waals surface area contributed by atoms with Gasteiger partial charge in [0.1, 0.15) is 28.8 Å². The minimum Gasteiger partial charge on any atom is -0.508 e. The van der Waals surface area contributed by atoms with Crippen molar-refractivity contribution in [1.29, 1.82) is 0 Å². The van der Waals surface area contributed by atoms with Crippen molar-refractivity contribution in [2.45, 2.75) is 44.6 Å². The Kier molecular flexibility index (Phi) is 8.54. The lowest BCUT2D eigenvalue weighted by Gasteiger charge is -2.31. The van der Waals surface area contributed by atoms with Crippen molar-refractivity contribution in [1.82, 2.24) is 0 Å². The fourth-order valence-electron chi connectivity index (χ4n) is 8.12. The molecule has 1 unspecified atom stereocenters. The van der Waals surface area contributed by atoms with Crippen molar-refractivity contribution in [3.05, 3.63) is 155 Å². The van der Waals surface area contributed by atoms with Gasteiger partial charge in [0, 0.05) is 53.3 Å². The van der Waals surface area contributed by atoms with Gasteiger partial charge in [-0.05, 0) is 113 Å². The molecule has 5 aromatic carbocycles. The first-order chi connectivity index (χ1) is 25.2. The van der Waals surface area contributed by atoms with Gasteiger partial charge >= 0.3 is 0 Å². The predicted octanol–water partition coefficient (Wildman–Crippen LogP) is 10.8. The van der Waals surface area contributed by atoms with E-state index < -0.39 is 0 Å². The summed E-state index contributed by atoms with van der Waals surface area (Å²) in [6.07, 6.45) is 9.57. The number of allylic oxidation sites excluding steroid dienone is 4. The second-order valence-corrected chi connectivity index (χ2v) is 14.3. The van der Waals surface area contributed by atoms with Crippen LogP contribution in [0.1, 0.15) is 37.8 Å². The third kappa shape index (κ3) is 5.88. The van der Waals surface area contributed by atoms with Crippen LogP contribution in [0.2, 0.25) is 0 Å². The summed E-state index contributed by atoms with van der Waals surface area (Å²) in [5.74, 6) is 3.42. The molecular formula is C46H44N2O4. The van der Waals surface area contributed by atoms with E-state index in [0.29, 0.717) is 5.75 Å². The van der Waals surface area contributed by atoms with Crippen molar-refractivity contribution in [2.75, 3.05) is 31.1 Å². The van der Waals surface area contributed by atoms with E-state index in [9.17, 15) is 5.11 Å². The van der Waals surface area contributed by atoms with E-state index in [4.69, 9.17) is 14.2 Å². The van der Waals surface area contributed by atoms with E-state index in [1.54, 1.807) is 20.3 Å². The summed E-state index contributed by atoms with van der Waals surface area (Å²) in [4.78, 5) is 4.59. The highest BCUT2D eigenvalue weighted by atomic mass is 16.5. The minimum absolute atomic E-state index is 0.0169. The number of aromatic hydroxyl groups is 1. The van der Waals surface area contributed by atoms with Gasteiger partial charge in [-0.15, -0.1) is 0 Å². The molecule has 0 amide bonds. The number of para-hydroxylation sites is 1. The smallest absolute Gasteiger partial charge is 0.135 e. The molecule has 0 saturated heterocycles. The molecule has 2 heterocycles. The average molecular weight is 689 g/mol. The molecule has 0 aromatic heterocycles. The highest BCUT2D eigenvalue weighted by molar-refractivity contribution is 5.80. The maximum absolute atomic E-state index is 11.0. The first-order valence-corrected chi connectivity index (χ1v) is 17.9. The third-order valence-corrected chi connectivity index (χ3v) is 10.9. The summed E-state index contributed by atoms with van der Waals surface area (Å²) in [7, 11) is 5.54. The number of nitrogens with zero attached hydrogens (tertiary/aromatic N) is 2. The van der Waals surface area contributed by atoms with Gasteiger partial charge in [0.25, 0.3) is 0 Å². The van der Waals surface area contributed by atoms with Crippen molar-refractivity contribution in [2.24, 2.45) is 0 Å². The molecule has 8 rings (SSSR count). The number of hydrogen-bond donors (Lipinski definition) is 1. The fraction of sp³-hybridized carbons (Fsp3) is 0.217. The summed E-state index contributed by atoms with van der Waals surface area (Å²) in [6.45, 7) is 4.66. The quantitative estimate of drug-likeness (QED) is 0.175. The molecule has 52 heavy (non-hydrogen) atoms. The summed E-state index contributed by atoms with van der Waals surface area (Å²) in [5, 5.41) is 11.0. The Bertz CT molecular complexity index is 2170. The number of fused-ring (bicyclic) bond motifs is 3. The van der Waals surface area contributed by atoms with E-state index >= 15 is 0 Å². The van der Waals surface area contributed by atoms with E-state index in [1.165, 1.54) is 22.4 Å². The SMILES string of the molecule is COc1ccc(N(c2ccc(OC)cc2)c2ccc(-c3cc(O)cc4c3CC3=CCCC(C=CC5N(C)c6ccccc6C5(C)C)=C3O4)cc2)cc1. The van der Waals surface area contributed by atoms with Crippen LogP contribution in [0.4, 0.5) is 22.7 Å². The van der Waals surface area contributed by atoms with E-state index in [1.807, 2.05) is 30.3 Å². The summed E-state index contributed by atoms with van der Waals surface area (Å²) in [6, 6.07) is 37.1. The highest BCUT2D eigenvalue weighted by Crippen LogP contribution is 2.47. The second kappa shape index (κ2) is 13.3. The first-order valence-electron chi connectivity index (χ1n) is 17.9. The number of phenols is 1. The van der Waals surface area contributed by atoms with E-state index in [0.717, 1.165) is 70.3 Å². The maximum atomic E-state index is 11.0. The topological polar surface area (TPSA) is 54.4 Å². The number of ether oxygens (including phenoxy) is 3. The number of rotatable bonds is 8. The zero-order chi connectivity index (χ0) is 36.0. The highest BCUT2D eigenvalue weighted by Gasteiger charge is 2.41. The first kappa shape index (κ1) is 33.3. The molecule has 1 aliphatic carbocycles. The number of benzene rings is 5. The molecule has 0 spiro atoms. The largest absolute Gasteiger partial charge is 0.508 e. The molecule has 2 aliphatic heterocycles. The zero-order valence-corrected chi connectivity index (χ0v) is 30.4. The second-order valence-electron chi connectivity index (χ2n) is 14.3. The van der Waals surface area contributed by atoms with Gasteiger partial charge in [-0.2, -0.15) is 0 Å². The molecule has 3 aliphatic rings. The maximum Gasteiger partial charge on any atom is 0.135 e. The van der Waals surface area contributed by atoms with Gasteiger partial charge in [0.05, 0.1) is 20.3 Å². The lowest BCUT2D eigenvalue weighted by atomic mass is 9.80.